The lowest BCUT2D eigenvalue weighted by atomic mass is 9.96. The van der Waals surface area contributed by atoms with Crippen LogP contribution < -0.4 is 0 Å². The van der Waals surface area contributed by atoms with Crippen molar-refractivity contribution >= 4 is 0 Å². The average Bonchev–Trinajstić information content (AvgIpc) is 2.91. The Balaban J connectivity index is 1.79. The second-order valence-electron chi connectivity index (χ2n) is 7.03. The van der Waals surface area contributed by atoms with Crippen LogP contribution in [0.4, 0.5) is 0 Å². The van der Waals surface area contributed by atoms with Gasteiger partial charge in [-0.2, -0.15) is 0 Å². The Bertz CT molecular complexity index is 850. The summed E-state index contributed by atoms with van der Waals surface area (Å²) in [6, 6.07) is 20.1. The van der Waals surface area contributed by atoms with Crippen LogP contribution in [0.5, 0.6) is 0 Å². The predicted molar refractivity (Wildman–Crippen MR) is 99.2 cm³/mol. The summed E-state index contributed by atoms with van der Waals surface area (Å²) in [7, 11) is 0. The lowest BCUT2D eigenvalue weighted by Gasteiger charge is -2.15. The van der Waals surface area contributed by atoms with E-state index in [-0.39, 0.29) is 0 Å². The van der Waals surface area contributed by atoms with Crippen molar-refractivity contribution in [3.8, 4) is 22.5 Å². The monoisotopic (exact) mass is 311 g/mol. The molecule has 0 radical (unpaired) electrons. The van der Waals surface area contributed by atoms with Gasteiger partial charge in [-0.3, -0.25) is 0 Å². The van der Waals surface area contributed by atoms with Gasteiger partial charge in [0.2, 0.25) is 0 Å². The van der Waals surface area contributed by atoms with E-state index < -0.39 is 0 Å². The van der Waals surface area contributed by atoms with E-state index in [1.807, 2.05) is 0 Å². The molecule has 2 aliphatic rings. The summed E-state index contributed by atoms with van der Waals surface area (Å²) < 4.78 is 0. The zero-order valence-electron chi connectivity index (χ0n) is 13.9. The van der Waals surface area contributed by atoms with Crippen LogP contribution in [0.15, 0.2) is 54.6 Å². The van der Waals surface area contributed by atoms with Crippen molar-refractivity contribution in [1.82, 2.24) is 4.98 Å². The minimum Gasteiger partial charge on any atom is -0.247 e. The number of hydrogen-bond donors (Lipinski definition) is 0. The van der Waals surface area contributed by atoms with Crippen LogP contribution in [-0.4, -0.2) is 4.98 Å². The molecule has 5 rings (SSSR count). The van der Waals surface area contributed by atoms with Gasteiger partial charge in [0.25, 0.3) is 0 Å². The van der Waals surface area contributed by atoms with Gasteiger partial charge in [0.15, 0.2) is 0 Å². The highest BCUT2D eigenvalue weighted by Crippen LogP contribution is 2.37. The van der Waals surface area contributed by atoms with Crippen molar-refractivity contribution in [2.75, 3.05) is 0 Å². The summed E-state index contributed by atoms with van der Waals surface area (Å²) in [4.78, 5) is 5.26. The molecule has 0 saturated carbocycles. The van der Waals surface area contributed by atoms with Gasteiger partial charge in [-0.25, -0.2) is 4.98 Å². The maximum absolute atomic E-state index is 5.26. The van der Waals surface area contributed by atoms with E-state index in [4.69, 9.17) is 4.98 Å². The van der Waals surface area contributed by atoms with E-state index in [1.165, 1.54) is 57.6 Å². The first-order valence-corrected chi connectivity index (χ1v) is 9.09. The number of aryl methyl sites for hydroxylation is 4. The van der Waals surface area contributed by atoms with Gasteiger partial charge >= 0.3 is 0 Å². The molecule has 0 amide bonds. The molecule has 0 fully saturated rings. The van der Waals surface area contributed by atoms with Crippen LogP contribution in [0.1, 0.15) is 35.1 Å². The van der Waals surface area contributed by atoms with Crippen molar-refractivity contribution in [1.29, 1.82) is 0 Å². The molecule has 1 heterocycles. The Hall–Kier alpha value is -2.41. The smallest absolute Gasteiger partial charge is 0.0744 e. The highest BCUT2D eigenvalue weighted by atomic mass is 14.7. The minimum atomic E-state index is 1.14. The van der Waals surface area contributed by atoms with E-state index in [0.717, 1.165) is 25.7 Å². The fourth-order valence-corrected chi connectivity index (χ4v) is 4.33. The lowest BCUT2D eigenvalue weighted by molar-refractivity contribution is 0.818. The third-order valence-corrected chi connectivity index (χ3v) is 5.51. The molecular formula is C23H21N. The largest absolute Gasteiger partial charge is 0.247 e. The van der Waals surface area contributed by atoms with Gasteiger partial charge < -0.3 is 0 Å². The molecular weight excluding hydrogens is 290 g/mol. The Morgan fingerprint density at radius 3 is 1.54 bits per heavy atom. The maximum Gasteiger partial charge on any atom is 0.0744 e. The number of aromatic nitrogens is 1. The number of fused-ring (bicyclic) bond motifs is 6. The van der Waals surface area contributed by atoms with Gasteiger partial charge in [-0.15, -0.1) is 0 Å². The maximum atomic E-state index is 5.26. The molecule has 0 spiro atoms. The topological polar surface area (TPSA) is 12.9 Å². The van der Waals surface area contributed by atoms with Crippen molar-refractivity contribution in [2.24, 2.45) is 0 Å². The molecule has 0 bridgehead atoms. The normalized spacial score (nSPS) is 15.3. The standard InChI is InChI=1S/C23H21N/c1-3-13-20-16(7-1)9-5-11-18-15-19-12-6-10-17-8-2-4-14-21(17)23(19)24-22(18)20/h1-4,7-8,13-15H,5-6,9-12H2. The van der Waals surface area contributed by atoms with Crippen molar-refractivity contribution in [3.63, 3.8) is 0 Å². The van der Waals surface area contributed by atoms with Crippen LogP contribution in [0, 0.1) is 0 Å². The first-order chi connectivity index (χ1) is 11.9. The van der Waals surface area contributed by atoms with E-state index in [0.29, 0.717) is 0 Å². The molecule has 1 nitrogen and oxygen atoms in total. The highest BCUT2D eigenvalue weighted by Gasteiger charge is 2.21. The molecule has 0 atom stereocenters. The molecule has 24 heavy (non-hydrogen) atoms. The van der Waals surface area contributed by atoms with Crippen LogP contribution in [0.2, 0.25) is 0 Å². The number of nitrogens with zero attached hydrogens (tertiary/aromatic N) is 1. The summed E-state index contributed by atoms with van der Waals surface area (Å²) in [6.45, 7) is 0. The number of benzene rings is 2. The zero-order chi connectivity index (χ0) is 15.9. The highest BCUT2D eigenvalue weighted by molar-refractivity contribution is 5.75. The number of hydrogen-bond acceptors (Lipinski definition) is 1. The molecule has 3 aromatic rings. The Morgan fingerprint density at radius 1 is 0.542 bits per heavy atom. The number of rotatable bonds is 0. The van der Waals surface area contributed by atoms with Crippen molar-refractivity contribution in [2.45, 2.75) is 38.5 Å². The summed E-state index contributed by atoms with van der Waals surface area (Å²) in [6.07, 6.45) is 7.06. The van der Waals surface area contributed by atoms with E-state index in [2.05, 4.69) is 54.6 Å². The Kier molecular flexibility index (Phi) is 3.26. The van der Waals surface area contributed by atoms with Gasteiger partial charge in [-0.1, -0.05) is 54.6 Å². The summed E-state index contributed by atoms with van der Waals surface area (Å²) in [5, 5.41) is 0. The quantitative estimate of drug-likeness (QED) is 0.542. The van der Waals surface area contributed by atoms with E-state index >= 15 is 0 Å². The van der Waals surface area contributed by atoms with Gasteiger partial charge in [0.05, 0.1) is 11.4 Å². The molecule has 1 heteroatoms. The zero-order valence-corrected chi connectivity index (χ0v) is 13.9. The summed E-state index contributed by atoms with van der Waals surface area (Å²) >= 11 is 0. The lowest BCUT2D eigenvalue weighted by Crippen LogP contribution is -1.99. The van der Waals surface area contributed by atoms with Crippen molar-refractivity contribution < 1.29 is 0 Å². The van der Waals surface area contributed by atoms with Crippen molar-refractivity contribution in [3.05, 3.63) is 76.9 Å². The van der Waals surface area contributed by atoms with Gasteiger partial charge in [-0.05, 0) is 60.8 Å². The molecule has 0 unspecified atom stereocenters. The summed E-state index contributed by atoms with van der Waals surface area (Å²) in [5.41, 5.74) is 10.9. The minimum absolute atomic E-state index is 1.14. The average molecular weight is 311 g/mol. The van der Waals surface area contributed by atoms with Crippen LogP contribution in [0.25, 0.3) is 22.5 Å². The Labute approximate surface area is 143 Å². The molecule has 2 aromatic carbocycles. The second kappa shape index (κ2) is 5.59. The van der Waals surface area contributed by atoms with E-state index in [1.54, 1.807) is 0 Å². The molecule has 1 aromatic heterocycles. The van der Waals surface area contributed by atoms with Crippen LogP contribution in [0.3, 0.4) is 0 Å². The first-order valence-electron chi connectivity index (χ1n) is 9.09. The third-order valence-electron chi connectivity index (χ3n) is 5.51. The van der Waals surface area contributed by atoms with Crippen LogP contribution in [-0.2, 0) is 25.7 Å². The fraction of sp³-hybridized carbons (Fsp3) is 0.261. The van der Waals surface area contributed by atoms with E-state index in [9.17, 15) is 0 Å². The first kappa shape index (κ1) is 14.0. The fourth-order valence-electron chi connectivity index (χ4n) is 4.33. The Morgan fingerprint density at radius 2 is 1.00 bits per heavy atom. The molecule has 0 aliphatic heterocycles. The molecule has 2 aliphatic carbocycles. The molecule has 0 saturated heterocycles. The van der Waals surface area contributed by atoms with Crippen LogP contribution >= 0.6 is 0 Å². The third kappa shape index (κ3) is 2.19. The summed E-state index contributed by atoms with van der Waals surface area (Å²) in [5.74, 6) is 0. The molecule has 0 N–H and O–H groups in total. The number of pyridine rings is 1. The molecule has 118 valence electrons. The second-order valence-corrected chi connectivity index (χ2v) is 7.03. The van der Waals surface area contributed by atoms with Gasteiger partial charge in [0, 0.05) is 11.1 Å². The SMILES string of the molecule is c1ccc2c(c1)CCCc1cc3c(nc1-2)-c1ccccc1CCC3. The van der Waals surface area contributed by atoms with Gasteiger partial charge in [0.1, 0.15) is 0 Å². The predicted octanol–water partition coefficient (Wildman–Crippen LogP) is 5.39.